The van der Waals surface area contributed by atoms with Gasteiger partial charge in [0.25, 0.3) is 5.91 Å². The van der Waals surface area contributed by atoms with Gasteiger partial charge in [-0.2, -0.15) is 0 Å². The Bertz CT molecular complexity index is 1470. The van der Waals surface area contributed by atoms with Gasteiger partial charge in [0.05, 0.1) is 0 Å². The second kappa shape index (κ2) is 9.41. The van der Waals surface area contributed by atoms with Crippen molar-refractivity contribution in [3.05, 3.63) is 116 Å². The molecule has 4 N–H and O–H groups in total. The highest BCUT2D eigenvalue weighted by Crippen LogP contribution is 2.23. The van der Waals surface area contributed by atoms with Gasteiger partial charge in [0.15, 0.2) is 0 Å². The van der Waals surface area contributed by atoms with Crippen molar-refractivity contribution in [3.8, 4) is 11.1 Å². The van der Waals surface area contributed by atoms with Gasteiger partial charge in [0.1, 0.15) is 23.0 Å². The Balaban J connectivity index is 1.61. The van der Waals surface area contributed by atoms with Crippen LogP contribution in [0.4, 0.5) is 20.3 Å². The number of halogens is 2. The normalized spacial score (nSPS) is 10.6. The molecule has 1 heterocycles. The lowest BCUT2D eigenvalue weighted by Gasteiger charge is -2.13. The monoisotopic (exact) mass is 464 g/mol. The van der Waals surface area contributed by atoms with Crippen LogP contribution in [0.15, 0.2) is 82.4 Å². The van der Waals surface area contributed by atoms with Crippen LogP contribution in [-0.2, 0) is 6.54 Å². The Hall–Kier alpha value is -4.73. The van der Waals surface area contributed by atoms with E-state index >= 15 is 0 Å². The molecule has 1 aromatic heterocycles. The Morgan fingerprint density at radius 2 is 1.62 bits per heavy atom. The Kier molecular flexibility index (Phi) is 6.22. The molecule has 0 bridgehead atoms. The fourth-order valence-electron chi connectivity index (χ4n) is 3.28. The SMILES string of the molecule is O=C(NCc1ccc(F)cc1F)c1c(Nc2ccc(-c3ccccc3)cc2)[nH]c(=O)n(O)c1=O. The molecule has 0 unspecified atom stereocenters. The van der Waals surface area contributed by atoms with E-state index in [-0.39, 0.29) is 22.7 Å². The van der Waals surface area contributed by atoms with Gasteiger partial charge in [0, 0.05) is 23.9 Å². The van der Waals surface area contributed by atoms with E-state index in [2.05, 4.69) is 15.6 Å². The molecule has 0 spiro atoms. The Morgan fingerprint density at radius 3 is 2.29 bits per heavy atom. The molecule has 3 aromatic carbocycles. The van der Waals surface area contributed by atoms with Crippen molar-refractivity contribution in [2.45, 2.75) is 6.54 Å². The van der Waals surface area contributed by atoms with Crippen LogP contribution in [-0.4, -0.2) is 20.8 Å². The molecule has 0 aliphatic carbocycles. The predicted octanol–water partition coefficient (Wildman–Crippen LogP) is 3.39. The lowest BCUT2D eigenvalue weighted by Crippen LogP contribution is -2.40. The number of anilines is 2. The highest BCUT2D eigenvalue weighted by atomic mass is 19.1. The number of carbonyl (C=O) groups is 1. The van der Waals surface area contributed by atoms with Gasteiger partial charge >= 0.3 is 11.2 Å². The van der Waals surface area contributed by atoms with Crippen LogP contribution < -0.4 is 21.9 Å². The number of H-pyrrole nitrogens is 1. The molecule has 0 saturated heterocycles. The van der Waals surface area contributed by atoms with E-state index in [1.54, 1.807) is 24.3 Å². The summed E-state index contributed by atoms with van der Waals surface area (Å²) >= 11 is 0. The number of rotatable bonds is 6. The van der Waals surface area contributed by atoms with Crippen molar-refractivity contribution in [2.75, 3.05) is 5.32 Å². The fraction of sp³-hybridized carbons (Fsp3) is 0.0417. The summed E-state index contributed by atoms with van der Waals surface area (Å²) in [6.45, 7) is -0.361. The first-order chi connectivity index (χ1) is 16.3. The van der Waals surface area contributed by atoms with Crippen LogP contribution in [0, 0.1) is 11.6 Å². The molecule has 172 valence electrons. The molecule has 4 aromatic rings. The molecule has 34 heavy (non-hydrogen) atoms. The van der Waals surface area contributed by atoms with E-state index in [9.17, 15) is 28.4 Å². The smallest absolute Gasteiger partial charge is 0.363 e. The first-order valence-electron chi connectivity index (χ1n) is 10.1. The highest BCUT2D eigenvalue weighted by Gasteiger charge is 2.21. The van der Waals surface area contributed by atoms with Crippen molar-refractivity contribution >= 4 is 17.4 Å². The van der Waals surface area contributed by atoms with Crippen molar-refractivity contribution in [1.29, 1.82) is 0 Å². The van der Waals surface area contributed by atoms with Crippen LogP contribution in [0.3, 0.4) is 0 Å². The first-order valence-corrected chi connectivity index (χ1v) is 10.1. The fourth-order valence-corrected chi connectivity index (χ4v) is 3.28. The maximum Gasteiger partial charge on any atom is 0.363 e. The van der Waals surface area contributed by atoms with E-state index in [0.717, 1.165) is 23.3 Å². The second-order valence-corrected chi connectivity index (χ2v) is 7.28. The molecule has 0 atom stereocenters. The third-order valence-electron chi connectivity index (χ3n) is 5.02. The van der Waals surface area contributed by atoms with E-state index < -0.39 is 34.4 Å². The molecule has 1 amide bonds. The van der Waals surface area contributed by atoms with Crippen molar-refractivity contribution < 1.29 is 18.8 Å². The summed E-state index contributed by atoms with van der Waals surface area (Å²) in [4.78, 5) is 39.4. The molecule has 0 radical (unpaired) electrons. The zero-order chi connectivity index (χ0) is 24.2. The van der Waals surface area contributed by atoms with Gasteiger partial charge in [-0.3, -0.25) is 14.6 Å². The van der Waals surface area contributed by atoms with E-state index in [0.29, 0.717) is 11.8 Å². The summed E-state index contributed by atoms with van der Waals surface area (Å²) < 4.78 is 26.7. The Morgan fingerprint density at radius 1 is 0.941 bits per heavy atom. The summed E-state index contributed by atoms with van der Waals surface area (Å²) in [6, 6.07) is 19.4. The van der Waals surface area contributed by atoms with Crippen LogP contribution in [0.2, 0.25) is 0 Å². The number of aromatic nitrogens is 2. The molecule has 0 saturated carbocycles. The number of carbonyl (C=O) groups excluding carboxylic acids is 1. The largest absolute Gasteiger partial charge is 0.421 e. The van der Waals surface area contributed by atoms with Gasteiger partial charge in [-0.1, -0.05) is 53.3 Å². The average molecular weight is 464 g/mol. The predicted molar refractivity (Wildman–Crippen MR) is 121 cm³/mol. The van der Waals surface area contributed by atoms with Gasteiger partial charge in [0.2, 0.25) is 0 Å². The molecular weight excluding hydrogens is 446 g/mol. The van der Waals surface area contributed by atoms with Crippen LogP contribution >= 0.6 is 0 Å². The van der Waals surface area contributed by atoms with Crippen molar-refractivity contribution in [2.24, 2.45) is 0 Å². The van der Waals surface area contributed by atoms with Gasteiger partial charge in [-0.15, -0.1) is 0 Å². The zero-order valence-electron chi connectivity index (χ0n) is 17.5. The first kappa shape index (κ1) is 22.5. The summed E-state index contributed by atoms with van der Waals surface area (Å²) in [6.07, 6.45) is 0. The zero-order valence-corrected chi connectivity index (χ0v) is 17.5. The molecule has 0 aliphatic heterocycles. The number of aromatic amines is 1. The molecule has 0 fully saturated rings. The molecule has 4 rings (SSSR count). The number of nitrogens with zero attached hydrogens (tertiary/aromatic N) is 1. The molecular formula is C24H18F2N4O4. The van der Waals surface area contributed by atoms with Crippen LogP contribution in [0.1, 0.15) is 15.9 Å². The topological polar surface area (TPSA) is 116 Å². The summed E-state index contributed by atoms with van der Waals surface area (Å²) in [5, 5.41) is 14.8. The lowest BCUT2D eigenvalue weighted by molar-refractivity contribution is 0.0940. The minimum absolute atomic E-state index is 0.0190. The van der Waals surface area contributed by atoms with Crippen molar-refractivity contribution in [3.63, 3.8) is 0 Å². The minimum Gasteiger partial charge on any atom is -0.421 e. The number of hydrogen-bond donors (Lipinski definition) is 4. The molecule has 8 nitrogen and oxygen atoms in total. The van der Waals surface area contributed by atoms with Gasteiger partial charge in [-0.25, -0.2) is 13.6 Å². The summed E-state index contributed by atoms with van der Waals surface area (Å²) in [5.41, 5.74) is -0.697. The minimum atomic E-state index is -1.27. The molecule has 10 heteroatoms. The number of nitrogens with one attached hydrogen (secondary N) is 3. The number of hydrogen-bond acceptors (Lipinski definition) is 5. The lowest BCUT2D eigenvalue weighted by atomic mass is 10.1. The quantitative estimate of drug-likeness (QED) is 0.327. The highest BCUT2D eigenvalue weighted by molar-refractivity contribution is 5.99. The van der Waals surface area contributed by atoms with E-state index in [1.165, 1.54) is 0 Å². The third-order valence-corrected chi connectivity index (χ3v) is 5.02. The van der Waals surface area contributed by atoms with E-state index in [4.69, 9.17) is 0 Å². The third kappa shape index (κ3) is 4.70. The van der Waals surface area contributed by atoms with Crippen molar-refractivity contribution in [1.82, 2.24) is 15.0 Å². The van der Waals surface area contributed by atoms with Crippen LogP contribution in [0.25, 0.3) is 11.1 Å². The standard InChI is InChI=1S/C24H18F2N4O4/c25-17-9-6-16(19(26)12-17)13-27-22(31)20-21(29-24(33)30(34)23(20)32)28-18-10-7-15(8-11-18)14-4-2-1-3-5-14/h1-12,28,34H,13H2,(H,27,31)(H,29,33). The maximum absolute atomic E-state index is 13.9. The van der Waals surface area contributed by atoms with Crippen LogP contribution in [0.5, 0.6) is 0 Å². The number of amides is 1. The summed E-state index contributed by atoms with van der Waals surface area (Å²) in [5.74, 6) is -2.90. The molecule has 0 aliphatic rings. The average Bonchev–Trinajstić information content (AvgIpc) is 2.83. The number of benzene rings is 3. The van der Waals surface area contributed by atoms with Gasteiger partial charge in [-0.05, 0) is 29.3 Å². The second-order valence-electron chi connectivity index (χ2n) is 7.28. The summed E-state index contributed by atoms with van der Waals surface area (Å²) in [7, 11) is 0. The van der Waals surface area contributed by atoms with Gasteiger partial charge < -0.3 is 15.8 Å². The van der Waals surface area contributed by atoms with E-state index in [1.807, 2.05) is 30.3 Å². The maximum atomic E-state index is 13.9. The Labute approximate surface area is 191 Å².